The average molecular weight is 385 g/mol. The van der Waals surface area contributed by atoms with Crippen LogP contribution in [0.5, 0.6) is 0 Å². The molecule has 0 spiro atoms. The molecule has 1 aliphatic rings. The summed E-state index contributed by atoms with van der Waals surface area (Å²) in [6.07, 6.45) is 1.33. The number of aromatic nitrogens is 4. The van der Waals surface area contributed by atoms with Gasteiger partial charge in [0.25, 0.3) is 5.91 Å². The third-order valence-electron chi connectivity index (χ3n) is 4.17. The Morgan fingerprint density at radius 1 is 1.56 bits per heavy atom. The lowest BCUT2D eigenvalue weighted by Crippen LogP contribution is -2.55. The lowest BCUT2D eigenvalue weighted by molar-refractivity contribution is 0.0271. The molecule has 3 heterocycles. The first-order valence-corrected chi connectivity index (χ1v) is 9.56. The molecule has 1 aliphatic heterocycles. The summed E-state index contributed by atoms with van der Waals surface area (Å²) in [6, 6.07) is -0.0921. The van der Waals surface area contributed by atoms with Gasteiger partial charge in [-0.25, -0.2) is 4.98 Å². The summed E-state index contributed by atoms with van der Waals surface area (Å²) in [5.74, 6) is -0.0238. The van der Waals surface area contributed by atoms with Crippen molar-refractivity contribution in [1.82, 2.24) is 25.5 Å². The topological polar surface area (TPSA) is 96.0 Å². The number of piperidine rings is 1. The third-order valence-corrected chi connectivity index (χ3v) is 5.24. The molecule has 0 unspecified atom stereocenters. The van der Waals surface area contributed by atoms with Crippen LogP contribution in [0.4, 0.5) is 5.13 Å². The smallest absolute Gasteiger partial charge is 0.287 e. The number of aryl methyl sites for hydroxylation is 1. The van der Waals surface area contributed by atoms with Gasteiger partial charge in [0, 0.05) is 19.7 Å². The van der Waals surface area contributed by atoms with Gasteiger partial charge in [-0.15, -0.1) is 10.2 Å². The number of hydrogen-bond acceptors (Lipinski definition) is 7. The minimum atomic E-state index is -0.263. The minimum Gasteiger partial charge on any atom is -0.375 e. The number of ether oxygens (including phenoxy) is 1. The lowest BCUT2D eigenvalue weighted by Gasteiger charge is -2.38. The van der Waals surface area contributed by atoms with Gasteiger partial charge in [0.15, 0.2) is 11.0 Å². The SMILES string of the molecule is CCO[C@@H]1CN(c2nncs2)CC[C@@H]1NC(=O)c1nc(Cl)c(CC)[nH]1. The number of nitrogens with one attached hydrogen (secondary N) is 2. The number of halogens is 1. The first-order valence-electron chi connectivity index (χ1n) is 8.30. The van der Waals surface area contributed by atoms with Crippen molar-refractivity contribution in [3.63, 3.8) is 0 Å². The molecule has 0 aliphatic carbocycles. The highest BCUT2D eigenvalue weighted by Crippen LogP contribution is 2.23. The van der Waals surface area contributed by atoms with E-state index in [-0.39, 0.29) is 23.9 Å². The van der Waals surface area contributed by atoms with Crippen LogP contribution in [-0.4, -0.2) is 57.9 Å². The summed E-state index contributed by atoms with van der Waals surface area (Å²) in [5.41, 5.74) is 2.48. The van der Waals surface area contributed by atoms with E-state index in [0.717, 1.165) is 23.8 Å². The third kappa shape index (κ3) is 4.10. The second-order valence-corrected chi connectivity index (χ2v) is 6.91. The summed E-state index contributed by atoms with van der Waals surface area (Å²) in [5, 5.41) is 12.2. The molecular formula is C15H21ClN6O2S. The summed E-state index contributed by atoms with van der Waals surface area (Å²) in [4.78, 5) is 21.7. The molecule has 0 bridgehead atoms. The van der Waals surface area contributed by atoms with E-state index in [2.05, 4.69) is 30.4 Å². The van der Waals surface area contributed by atoms with Crippen LogP contribution in [0.2, 0.25) is 5.15 Å². The Bertz CT molecular complexity index is 707. The van der Waals surface area contributed by atoms with E-state index in [0.29, 0.717) is 24.7 Å². The van der Waals surface area contributed by atoms with Crippen LogP contribution in [0.25, 0.3) is 0 Å². The van der Waals surface area contributed by atoms with Gasteiger partial charge in [-0.05, 0) is 19.8 Å². The molecule has 2 N–H and O–H groups in total. The summed E-state index contributed by atoms with van der Waals surface area (Å²) >= 11 is 7.52. The Morgan fingerprint density at radius 3 is 3.04 bits per heavy atom. The van der Waals surface area contributed by atoms with Gasteiger partial charge in [-0.2, -0.15) is 0 Å². The van der Waals surface area contributed by atoms with Crippen molar-refractivity contribution in [3.8, 4) is 0 Å². The first-order chi connectivity index (χ1) is 12.1. The number of imidazole rings is 1. The number of anilines is 1. The summed E-state index contributed by atoms with van der Waals surface area (Å²) < 4.78 is 5.85. The molecule has 25 heavy (non-hydrogen) atoms. The maximum atomic E-state index is 12.5. The Morgan fingerprint density at radius 2 is 2.40 bits per heavy atom. The Labute approximate surface area is 154 Å². The number of amides is 1. The fraction of sp³-hybridized carbons (Fsp3) is 0.600. The highest BCUT2D eigenvalue weighted by Gasteiger charge is 2.32. The van der Waals surface area contributed by atoms with E-state index in [1.54, 1.807) is 5.51 Å². The standard InChI is InChI=1S/C15H21ClN6O2S/c1-3-9-12(16)20-13(18-9)14(23)19-10-5-6-22(7-11(10)24-4-2)15-21-17-8-25-15/h8,10-11H,3-7H2,1-2H3,(H,18,20)(H,19,23)/t10-,11+/m0/s1. The van der Waals surface area contributed by atoms with Gasteiger partial charge < -0.3 is 19.9 Å². The van der Waals surface area contributed by atoms with Crippen molar-refractivity contribution < 1.29 is 9.53 Å². The van der Waals surface area contributed by atoms with Crippen LogP contribution >= 0.6 is 22.9 Å². The van der Waals surface area contributed by atoms with Gasteiger partial charge >= 0.3 is 0 Å². The molecule has 2 atom stereocenters. The number of hydrogen-bond donors (Lipinski definition) is 2. The van der Waals surface area contributed by atoms with E-state index < -0.39 is 0 Å². The van der Waals surface area contributed by atoms with Crippen molar-refractivity contribution in [2.75, 3.05) is 24.6 Å². The molecule has 10 heteroatoms. The van der Waals surface area contributed by atoms with Crippen LogP contribution < -0.4 is 10.2 Å². The molecule has 1 saturated heterocycles. The molecule has 2 aromatic heterocycles. The largest absolute Gasteiger partial charge is 0.375 e. The fourth-order valence-electron chi connectivity index (χ4n) is 2.91. The number of carbonyl (C=O) groups excluding carboxylic acids is 1. The van der Waals surface area contributed by atoms with Crippen LogP contribution in [0, 0.1) is 0 Å². The lowest BCUT2D eigenvalue weighted by atomic mass is 10.0. The van der Waals surface area contributed by atoms with Crippen LogP contribution in [0.3, 0.4) is 0 Å². The van der Waals surface area contributed by atoms with Crippen molar-refractivity contribution in [2.45, 2.75) is 38.8 Å². The Balaban J connectivity index is 1.67. The highest BCUT2D eigenvalue weighted by atomic mass is 35.5. The Hall–Kier alpha value is -1.71. The van der Waals surface area contributed by atoms with Crippen LogP contribution in [0.15, 0.2) is 5.51 Å². The number of H-pyrrole nitrogens is 1. The predicted molar refractivity (Wildman–Crippen MR) is 96.4 cm³/mol. The molecule has 2 aromatic rings. The fourth-order valence-corrected chi connectivity index (χ4v) is 3.77. The highest BCUT2D eigenvalue weighted by molar-refractivity contribution is 7.13. The second-order valence-electron chi connectivity index (χ2n) is 5.74. The van der Waals surface area contributed by atoms with Crippen molar-refractivity contribution in [1.29, 1.82) is 0 Å². The number of aromatic amines is 1. The maximum absolute atomic E-state index is 12.5. The van der Waals surface area contributed by atoms with Gasteiger partial charge in [-0.1, -0.05) is 29.9 Å². The van der Waals surface area contributed by atoms with Crippen molar-refractivity contribution in [2.24, 2.45) is 0 Å². The second kappa shape index (κ2) is 8.11. The number of rotatable bonds is 6. The number of nitrogens with zero attached hydrogens (tertiary/aromatic N) is 4. The van der Waals surface area contributed by atoms with E-state index in [4.69, 9.17) is 16.3 Å². The van der Waals surface area contributed by atoms with E-state index in [1.807, 2.05) is 13.8 Å². The minimum absolute atomic E-state index is 0.0921. The van der Waals surface area contributed by atoms with Gasteiger partial charge in [-0.3, -0.25) is 4.79 Å². The average Bonchev–Trinajstić information content (AvgIpc) is 3.26. The molecule has 1 amide bonds. The van der Waals surface area contributed by atoms with Crippen LogP contribution in [0.1, 0.15) is 36.6 Å². The molecule has 3 rings (SSSR count). The van der Waals surface area contributed by atoms with E-state index in [1.165, 1.54) is 11.3 Å². The zero-order valence-corrected chi connectivity index (χ0v) is 15.7. The molecule has 0 saturated carbocycles. The van der Waals surface area contributed by atoms with Gasteiger partial charge in [0.1, 0.15) is 5.51 Å². The van der Waals surface area contributed by atoms with E-state index in [9.17, 15) is 4.79 Å². The molecular weight excluding hydrogens is 364 g/mol. The first kappa shape index (κ1) is 18.1. The van der Waals surface area contributed by atoms with Crippen LogP contribution in [-0.2, 0) is 11.2 Å². The number of carbonyl (C=O) groups is 1. The van der Waals surface area contributed by atoms with Crippen molar-refractivity contribution >= 4 is 34.0 Å². The summed E-state index contributed by atoms with van der Waals surface area (Å²) in [6.45, 7) is 5.92. The zero-order chi connectivity index (χ0) is 17.8. The van der Waals surface area contributed by atoms with Gasteiger partial charge in [0.05, 0.1) is 17.8 Å². The Kier molecular flexibility index (Phi) is 5.87. The predicted octanol–water partition coefficient (Wildman–Crippen LogP) is 1.89. The summed E-state index contributed by atoms with van der Waals surface area (Å²) in [7, 11) is 0. The quantitative estimate of drug-likeness (QED) is 0.789. The van der Waals surface area contributed by atoms with E-state index >= 15 is 0 Å². The molecule has 1 fully saturated rings. The zero-order valence-electron chi connectivity index (χ0n) is 14.2. The van der Waals surface area contributed by atoms with Crippen molar-refractivity contribution in [3.05, 3.63) is 22.2 Å². The maximum Gasteiger partial charge on any atom is 0.287 e. The van der Waals surface area contributed by atoms with Gasteiger partial charge in [0.2, 0.25) is 5.13 Å². The monoisotopic (exact) mass is 384 g/mol. The molecule has 8 nitrogen and oxygen atoms in total. The molecule has 0 radical (unpaired) electrons. The molecule has 136 valence electrons. The normalized spacial score (nSPS) is 20.7. The molecule has 0 aromatic carbocycles.